The van der Waals surface area contributed by atoms with E-state index in [0.29, 0.717) is 0 Å². The van der Waals surface area contributed by atoms with E-state index in [1.165, 1.54) is 6.92 Å². The van der Waals surface area contributed by atoms with E-state index in [1.807, 2.05) is 54.6 Å². The van der Waals surface area contributed by atoms with Gasteiger partial charge in [0.05, 0.1) is 0 Å². The number of para-hydroxylation sites is 1. The van der Waals surface area contributed by atoms with Gasteiger partial charge in [0.2, 0.25) is 5.91 Å². The molecule has 4 rings (SSSR count). The smallest absolute Gasteiger partial charge is 0.221 e. The molecule has 0 aliphatic rings. The van der Waals surface area contributed by atoms with E-state index in [9.17, 15) is 9.90 Å². The van der Waals surface area contributed by atoms with Crippen molar-refractivity contribution in [2.24, 2.45) is 0 Å². The standard InChI is InChI=1S/C22H17NO2/c1-14(24)23-20-13-15-7-2-3-8-16(15)18-10-6-11-19(22(18)20)17-9-4-5-12-21(17)25/h2-13,25H,1H3,(H,23,24). The molecule has 3 heteroatoms. The number of carbonyl (C=O) groups excluding carboxylic acids is 1. The van der Waals surface area contributed by atoms with Crippen LogP contribution in [0.3, 0.4) is 0 Å². The van der Waals surface area contributed by atoms with E-state index in [2.05, 4.69) is 11.4 Å². The second-order valence-electron chi connectivity index (χ2n) is 6.07. The number of hydrogen-bond acceptors (Lipinski definition) is 2. The molecule has 0 bridgehead atoms. The van der Waals surface area contributed by atoms with Gasteiger partial charge in [-0.1, -0.05) is 60.7 Å². The molecule has 4 aromatic rings. The van der Waals surface area contributed by atoms with Crippen LogP contribution in [0.25, 0.3) is 32.7 Å². The average molecular weight is 327 g/mol. The normalized spacial score (nSPS) is 10.9. The molecule has 0 spiro atoms. The summed E-state index contributed by atoms with van der Waals surface area (Å²) in [5.74, 6) is 0.0978. The van der Waals surface area contributed by atoms with Gasteiger partial charge < -0.3 is 10.4 Å². The van der Waals surface area contributed by atoms with Crippen molar-refractivity contribution in [2.75, 3.05) is 5.32 Å². The van der Waals surface area contributed by atoms with E-state index < -0.39 is 0 Å². The molecule has 0 heterocycles. The summed E-state index contributed by atoms with van der Waals surface area (Å²) < 4.78 is 0. The molecular formula is C22H17NO2. The Morgan fingerprint density at radius 2 is 1.52 bits per heavy atom. The van der Waals surface area contributed by atoms with Crippen LogP contribution in [0.5, 0.6) is 5.75 Å². The van der Waals surface area contributed by atoms with E-state index in [1.54, 1.807) is 12.1 Å². The Hall–Kier alpha value is -3.33. The summed E-state index contributed by atoms with van der Waals surface area (Å²) in [7, 11) is 0. The van der Waals surface area contributed by atoms with E-state index in [0.717, 1.165) is 38.4 Å². The van der Waals surface area contributed by atoms with E-state index in [-0.39, 0.29) is 11.7 Å². The summed E-state index contributed by atoms with van der Waals surface area (Å²) in [5, 5.41) is 17.4. The maximum absolute atomic E-state index is 11.7. The predicted octanol–water partition coefficient (Wildman–Crippen LogP) is 5.32. The second-order valence-corrected chi connectivity index (χ2v) is 6.07. The number of phenolic OH excluding ortho intramolecular Hbond substituents is 1. The van der Waals surface area contributed by atoms with Crippen molar-refractivity contribution in [1.82, 2.24) is 0 Å². The Morgan fingerprint density at radius 1 is 0.840 bits per heavy atom. The molecule has 4 aromatic carbocycles. The summed E-state index contributed by atoms with van der Waals surface area (Å²) >= 11 is 0. The number of rotatable bonds is 2. The summed E-state index contributed by atoms with van der Waals surface area (Å²) in [4.78, 5) is 11.7. The molecule has 0 radical (unpaired) electrons. The maximum atomic E-state index is 11.7. The van der Waals surface area contributed by atoms with Crippen LogP contribution in [0, 0.1) is 0 Å². The van der Waals surface area contributed by atoms with Crippen LogP contribution >= 0.6 is 0 Å². The minimum atomic E-state index is -0.122. The number of phenols is 1. The topological polar surface area (TPSA) is 49.3 Å². The van der Waals surface area contributed by atoms with Crippen LogP contribution in [0.2, 0.25) is 0 Å². The molecule has 122 valence electrons. The number of anilines is 1. The van der Waals surface area contributed by atoms with Gasteiger partial charge in [-0.25, -0.2) is 0 Å². The number of fused-ring (bicyclic) bond motifs is 3. The zero-order valence-corrected chi connectivity index (χ0v) is 13.8. The minimum Gasteiger partial charge on any atom is -0.507 e. The lowest BCUT2D eigenvalue weighted by Crippen LogP contribution is -2.06. The predicted molar refractivity (Wildman–Crippen MR) is 103 cm³/mol. The van der Waals surface area contributed by atoms with Crippen molar-refractivity contribution in [3.63, 3.8) is 0 Å². The zero-order valence-electron chi connectivity index (χ0n) is 13.8. The highest BCUT2D eigenvalue weighted by molar-refractivity contribution is 6.19. The van der Waals surface area contributed by atoms with E-state index in [4.69, 9.17) is 0 Å². The number of aromatic hydroxyl groups is 1. The van der Waals surface area contributed by atoms with Crippen molar-refractivity contribution in [3.8, 4) is 16.9 Å². The number of benzene rings is 4. The van der Waals surface area contributed by atoms with Gasteiger partial charge in [-0.3, -0.25) is 4.79 Å². The van der Waals surface area contributed by atoms with Crippen molar-refractivity contribution in [2.45, 2.75) is 6.92 Å². The third-order valence-electron chi connectivity index (χ3n) is 4.39. The van der Waals surface area contributed by atoms with Gasteiger partial charge in [0.25, 0.3) is 0 Å². The molecule has 25 heavy (non-hydrogen) atoms. The molecule has 0 saturated carbocycles. The fraction of sp³-hybridized carbons (Fsp3) is 0.0455. The highest BCUT2D eigenvalue weighted by Gasteiger charge is 2.14. The van der Waals surface area contributed by atoms with Gasteiger partial charge >= 0.3 is 0 Å². The Morgan fingerprint density at radius 3 is 2.32 bits per heavy atom. The van der Waals surface area contributed by atoms with Gasteiger partial charge in [-0.05, 0) is 33.9 Å². The third-order valence-corrected chi connectivity index (χ3v) is 4.39. The maximum Gasteiger partial charge on any atom is 0.221 e. The SMILES string of the molecule is CC(=O)Nc1cc2ccccc2c2cccc(-c3ccccc3O)c12. The summed E-state index contributed by atoms with van der Waals surface area (Å²) in [6, 6.07) is 23.3. The van der Waals surface area contributed by atoms with Crippen LogP contribution in [0.15, 0.2) is 72.8 Å². The van der Waals surface area contributed by atoms with Gasteiger partial charge in [0.1, 0.15) is 5.75 Å². The zero-order chi connectivity index (χ0) is 17.4. The first-order valence-corrected chi connectivity index (χ1v) is 8.15. The molecule has 0 aromatic heterocycles. The average Bonchev–Trinajstić information content (AvgIpc) is 2.61. The molecule has 3 nitrogen and oxygen atoms in total. The number of carbonyl (C=O) groups is 1. The van der Waals surface area contributed by atoms with Gasteiger partial charge in [-0.15, -0.1) is 0 Å². The molecule has 0 saturated heterocycles. The first kappa shape index (κ1) is 15.2. The van der Waals surface area contributed by atoms with Crippen LogP contribution in [-0.2, 0) is 4.79 Å². The van der Waals surface area contributed by atoms with E-state index >= 15 is 0 Å². The molecule has 0 aliphatic carbocycles. The van der Waals surface area contributed by atoms with Gasteiger partial charge in [0.15, 0.2) is 0 Å². The third kappa shape index (κ3) is 2.60. The number of hydrogen-bond donors (Lipinski definition) is 2. The fourth-order valence-electron chi connectivity index (χ4n) is 3.38. The van der Waals surface area contributed by atoms with Gasteiger partial charge in [-0.2, -0.15) is 0 Å². The summed E-state index contributed by atoms with van der Waals surface area (Å²) in [5.41, 5.74) is 2.39. The lowest BCUT2D eigenvalue weighted by Gasteiger charge is -2.15. The Bertz CT molecular complexity index is 1120. The monoisotopic (exact) mass is 327 g/mol. The van der Waals surface area contributed by atoms with Crippen molar-refractivity contribution >= 4 is 33.1 Å². The fourth-order valence-corrected chi connectivity index (χ4v) is 3.38. The summed E-state index contributed by atoms with van der Waals surface area (Å²) in [6.45, 7) is 1.50. The molecule has 0 aliphatic heterocycles. The lowest BCUT2D eigenvalue weighted by molar-refractivity contribution is -0.114. The molecule has 0 atom stereocenters. The van der Waals surface area contributed by atoms with Crippen molar-refractivity contribution in [1.29, 1.82) is 0 Å². The van der Waals surface area contributed by atoms with Crippen LogP contribution < -0.4 is 5.32 Å². The van der Waals surface area contributed by atoms with Crippen molar-refractivity contribution < 1.29 is 9.90 Å². The highest BCUT2D eigenvalue weighted by atomic mass is 16.3. The Labute approximate surface area is 145 Å². The number of nitrogens with one attached hydrogen (secondary N) is 1. The molecular weight excluding hydrogens is 310 g/mol. The minimum absolute atomic E-state index is 0.122. The summed E-state index contributed by atoms with van der Waals surface area (Å²) in [6.07, 6.45) is 0. The lowest BCUT2D eigenvalue weighted by atomic mass is 9.93. The highest BCUT2D eigenvalue weighted by Crippen LogP contribution is 2.41. The van der Waals surface area contributed by atoms with Crippen LogP contribution in [0.1, 0.15) is 6.92 Å². The Balaban J connectivity index is 2.16. The largest absolute Gasteiger partial charge is 0.507 e. The van der Waals surface area contributed by atoms with Crippen LogP contribution in [-0.4, -0.2) is 11.0 Å². The molecule has 0 unspecified atom stereocenters. The Kier molecular flexibility index (Phi) is 3.62. The first-order valence-electron chi connectivity index (χ1n) is 8.15. The quantitative estimate of drug-likeness (QED) is 0.489. The van der Waals surface area contributed by atoms with Crippen molar-refractivity contribution in [3.05, 3.63) is 72.8 Å². The molecule has 0 fully saturated rings. The number of amides is 1. The van der Waals surface area contributed by atoms with Crippen LogP contribution in [0.4, 0.5) is 5.69 Å². The molecule has 1 amide bonds. The second kappa shape index (κ2) is 5.95. The first-order chi connectivity index (χ1) is 12.1. The van der Waals surface area contributed by atoms with Gasteiger partial charge in [0, 0.05) is 23.6 Å². The molecule has 2 N–H and O–H groups in total.